The zero-order chi connectivity index (χ0) is 30.6. The molecule has 0 bridgehead atoms. The molecule has 2 saturated heterocycles. The number of aromatic nitrogens is 1. The predicted octanol–water partition coefficient (Wildman–Crippen LogP) is 4.51. The van der Waals surface area contributed by atoms with E-state index in [9.17, 15) is 18.0 Å². The average Bonchev–Trinajstić information content (AvgIpc) is 3.48. The number of piperazine rings is 1. The molecule has 0 saturated carbocycles. The van der Waals surface area contributed by atoms with Crippen LogP contribution < -0.4 is 4.90 Å². The number of fused-ring (bicyclic) bond motifs is 1. The predicted molar refractivity (Wildman–Crippen MR) is 174 cm³/mol. The lowest BCUT2D eigenvalue weighted by Gasteiger charge is -2.33. The fourth-order valence-corrected chi connectivity index (χ4v) is 7.93. The van der Waals surface area contributed by atoms with Crippen LogP contribution in [0.4, 0.5) is 9.93 Å². The molecule has 0 unspecified atom stereocenters. The van der Waals surface area contributed by atoms with Gasteiger partial charge >= 0.3 is 6.09 Å². The maximum Gasteiger partial charge on any atom is 0.409 e. The summed E-state index contributed by atoms with van der Waals surface area (Å²) in [5.41, 5.74) is 2.10. The highest BCUT2D eigenvalue weighted by molar-refractivity contribution is 7.89. The molecule has 11 nitrogen and oxygen atoms in total. The Morgan fingerprint density at radius 2 is 1.73 bits per heavy atom. The number of thiazole rings is 1. The van der Waals surface area contributed by atoms with E-state index in [0.717, 1.165) is 41.8 Å². The van der Waals surface area contributed by atoms with E-state index in [1.54, 1.807) is 24.0 Å². The van der Waals surface area contributed by atoms with Gasteiger partial charge < -0.3 is 14.4 Å². The van der Waals surface area contributed by atoms with E-state index in [0.29, 0.717) is 35.5 Å². The first-order chi connectivity index (χ1) is 20.7. The molecule has 0 N–H and O–H groups in total. The van der Waals surface area contributed by atoms with E-state index in [1.807, 2.05) is 19.1 Å². The molecule has 0 aliphatic carbocycles. The van der Waals surface area contributed by atoms with Crippen molar-refractivity contribution in [1.82, 2.24) is 19.1 Å². The fourth-order valence-electron chi connectivity index (χ4n) is 5.17. The first kappa shape index (κ1) is 34.4. The molecule has 2 aliphatic rings. The van der Waals surface area contributed by atoms with Gasteiger partial charge in [-0.1, -0.05) is 29.0 Å². The van der Waals surface area contributed by atoms with Gasteiger partial charge in [-0.25, -0.2) is 18.2 Å². The third kappa shape index (κ3) is 7.64. The Hall–Kier alpha value is -2.52. The van der Waals surface area contributed by atoms with Crippen molar-refractivity contribution in [2.75, 3.05) is 77.1 Å². The molecule has 1 aromatic heterocycles. The summed E-state index contributed by atoms with van der Waals surface area (Å²) < 4.78 is 39.3. The van der Waals surface area contributed by atoms with Gasteiger partial charge in [-0.2, -0.15) is 4.31 Å². The van der Waals surface area contributed by atoms with Crippen LogP contribution in [0.15, 0.2) is 41.3 Å². The molecule has 3 aromatic rings. The standard InChI is InChI=1S/C29H36ClN5O6S2.ClH/c1-3-41-29(37)33-13-15-34(16-14-33)43(38,39)23-8-6-22(7-9-23)27(36)35(12-4-11-32-17-19-40-20-18-32)28-31-25-21(2)5-10-24(30)26(25)42-28;/h5-10H,3-4,11-20H2,1-2H3;1H. The largest absolute Gasteiger partial charge is 0.450 e. The summed E-state index contributed by atoms with van der Waals surface area (Å²) in [5, 5.41) is 1.14. The molecule has 5 rings (SSSR count). The van der Waals surface area contributed by atoms with Gasteiger partial charge in [0.05, 0.1) is 40.0 Å². The smallest absolute Gasteiger partial charge is 0.409 e. The second kappa shape index (κ2) is 15.2. The first-order valence-electron chi connectivity index (χ1n) is 14.4. The molecule has 2 aromatic carbocycles. The molecular formula is C29H37Cl2N5O6S2. The van der Waals surface area contributed by atoms with E-state index in [2.05, 4.69) is 4.90 Å². The maximum atomic E-state index is 13.9. The number of nitrogens with zero attached hydrogens (tertiary/aromatic N) is 5. The van der Waals surface area contributed by atoms with Crippen LogP contribution in [0.5, 0.6) is 0 Å². The fraction of sp³-hybridized carbons (Fsp3) is 0.483. The van der Waals surface area contributed by atoms with Crippen molar-refractivity contribution in [1.29, 1.82) is 0 Å². The second-order valence-corrected chi connectivity index (χ2v) is 13.7. The van der Waals surface area contributed by atoms with Crippen LogP contribution in [-0.2, 0) is 19.5 Å². The number of carbonyl (C=O) groups is 2. The second-order valence-electron chi connectivity index (χ2n) is 10.4. The Morgan fingerprint density at radius 3 is 2.36 bits per heavy atom. The van der Waals surface area contributed by atoms with E-state index in [-0.39, 0.29) is 56.0 Å². The number of hydrogen-bond acceptors (Lipinski definition) is 9. The summed E-state index contributed by atoms with van der Waals surface area (Å²) in [6.07, 6.45) is 0.293. The van der Waals surface area contributed by atoms with Gasteiger partial charge in [-0.05, 0) is 56.2 Å². The quantitative estimate of drug-likeness (QED) is 0.324. The summed E-state index contributed by atoms with van der Waals surface area (Å²) in [6.45, 7) is 9.17. The number of rotatable bonds is 9. The van der Waals surface area contributed by atoms with Crippen molar-refractivity contribution in [3.05, 3.63) is 52.5 Å². The lowest BCUT2D eigenvalue weighted by atomic mass is 10.2. The van der Waals surface area contributed by atoms with Crippen LogP contribution in [0.3, 0.4) is 0 Å². The Balaban J connectivity index is 0.00000442. The molecule has 2 fully saturated rings. The maximum absolute atomic E-state index is 13.9. The van der Waals surface area contributed by atoms with Gasteiger partial charge in [-0.3, -0.25) is 14.6 Å². The number of halogens is 2. The minimum atomic E-state index is -3.80. The van der Waals surface area contributed by atoms with Gasteiger partial charge in [0.25, 0.3) is 5.91 Å². The van der Waals surface area contributed by atoms with Crippen molar-refractivity contribution in [2.45, 2.75) is 25.2 Å². The summed E-state index contributed by atoms with van der Waals surface area (Å²) in [4.78, 5) is 36.3. The van der Waals surface area contributed by atoms with Gasteiger partial charge in [0.2, 0.25) is 10.0 Å². The number of morpholine rings is 1. The van der Waals surface area contributed by atoms with Crippen LogP contribution in [0.2, 0.25) is 5.02 Å². The van der Waals surface area contributed by atoms with Gasteiger partial charge in [0.1, 0.15) is 0 Å². The Bertz CT molecular complexity index is 1520. The normalized spacial score (nSPS) is 16.5. The SMILES string of the molecule is CCOC(=O)N1CCN(S(=O)(=O)c2ccc(C(=O)N(CCCN3CCOCC3)c3nc4c(C)ccc(Cl)c4s3)cc2)CC1.Cl. The molecule has 15 heteroatoms. The zero-order valence-electron chi connectivity index (χ0n) is 24.7. The molecule has 0 radical (unpaired) electrons. The minimum absolute atomic E-state index is 0. The molecule has 2 amide bonds. The van der Waals surface area contributed by atoms with Gasteiger partial charge in [-0.15, -0.1) is 12.4 Å². The molecule has 44 heavy (non-hydrogen) atoms. The van der Waals surface area contributed by atoms with Crippen LogP contribution in [0.1, 0.15) is 29.3 Å². The zero-order valence-corrected chi connectivity index (χ0v) is 27.9. The topological polar surface area (TPSA) is 113 Å². The minimum Gasteiger partial charge on any atom is -0.450 e. The molecule has 0 spiro atoms. The molecule has 3 heterocycles. The average molecular weight is 687 g/mol. The van der Waals surface area contributed by atoms with Crippen molar-refractivity contribution < 1.29 is 27.5 Å². The highest BCUT2D eigenvalue weighted by Crippen LogP contribution is 2.36. The van der Waals surface area contributed by atoms with Crippen LogP contribution >= 0.6 is 35.3 Å². The molecular weight excluding hydrogens is 649 g/mol. The molecule has 0 atom stereocenters. The monoisotopic (exact) mass is 685 g/mol. The number of ether oxygens (including phenoxy) is 2. The summed E-state index contributed by atoms with van der Waals surface area (Å²) in [7, 11) is -3.80. The number of sulfonamides is 1. The third-order valence-electron chi connectivity index (χ3n) is 7.63. The van der Waals surface area contributed by atoms with Crippen molar-refractivity contribution >= 4 is 72.7 Å². The lowest BCUT2D eigenvalue weighted by molar-refractivity contribution is 0.0376. The highest BCUT2D eigenvalue weighted by Gasteiger charge is 2.31. The van der Waals surface area contributed by atoms with E-state index in [1.165, 1.54) is 32.7 Å². The molecule has 240 valence electrons. The number of anilines is 1. The Morgan fingerprint density at radius 1 is 1.05 bits per heavy atom. The van der Waals surface area contributed by atoms with Gasteiger partial charge in [0, 0.05) is 57.9 Å². The van der Waals surface area contributed by atoms with Crippen molar-refractivity contribution in [3.63, 3.8) is 0 Å². The van der Waals surface area contributed by atoms with Gasteiger partial charge in [0.15, 0.2) is 5.13 Å². The summed E-state index contributed by atoms with van der Waals surface area (Å²) in [6, 6.07) is 9.77. The Labute approximate surface area is 273 Å². The number of benzene rings is 2. The van der Waals surface area contributed by atoms with E-state index < -0.39 is 16.1 Å². The number of hydrogen-bond donors (Lipinski definition) is 0. The lowest BCUT2D eigenvalue weighted by Crippen LogP contribution is -2.50. The van der Waals surface area contributed by atoms with Crippen LogP contribution in [0.25, 0.3) is 10.2 Å². The highest BCUT2D eigenvalue weighted by atomic mass is 35.5. The third-order valence-corrected chi connectivity index (χ3v) is 11.1. The van der Waals surface area contributed by atoms with Crippen LogP contribution in [0, 0.1) is 6.92 Å². The summed E-state index contributed by atoms with van der Waals surface area (Å²) >= 11 is 7.85. The van der Waals surface area contributed by atoms with Crippen molar-refractivity contribution in [2.24, 2.45) is 0 Å². The molecule has 2 aliphatic heterocycles. The number of aryl methyl sites for hydroxylation is 1. The first-order valence-corrected chi connectivity index (χ1v) is 17.0. The van der Waals surface area contributed by atoms with E-state index >= 15 is 0 Å². The summed E-state index contributed by atoms with van der Waals surface area (Å²) in [5.74, 6) is -0.262. The number of amides is 2. The Kier molecular flexibility index (Phi) is 11.8. The van der Waals surface area contributed by atoms with Crippen molar-refractivity contribution in [3.8, 4) is 0 Å². The van der Waals surface area contributed by atoms with E-state index in [4.69, 9.17) is 26.1 Å². The number of carbonyl (C=O) groups excluding carboxylic acids is 2. The van der Waals surface area contributed by atoms with Crippen LogP contribution in [-0.4, -0.2) is 112 Å².